The second-order valence-electron chi connectivity index (χ2n) is 8.42. The third kappa shape index (κ3) is 4.60. The molecule has 5 heteroatoms. The minimum Gasteiger partial charge on any atom is -0.480 e. The van der Waals surface area contributed by atoms with Crippen LogP contribution in [-0.4, -0.2) is 40.0 Å². The van der Waals surface area contributed by atoms with Crippen LogP contribution in [0.4, 0.5) is 0 Å². The van der Waals surface area contributed by atoms with Crippen LogP contribution in [0.5, 0.6) is 0 Å². The van der Waals surface area contributed by atoms with Gasteiger partial charge in [-0.2, -0.15) is 0 Å². The molecule has 1 saturated heterocycles. The molecule has 2 rings (SSSR count). The van der Waals surface area contributed by atoms with Gasteiger partial charge in [0.2, 0.25) is 5.91 Å². The number of rotatable bonds is 5. The van der Waals surface area contributed by atoms with Gasteiger partial charge in [-0.1, -0.05) is 45.0 Å². The van der Waals surface area contributed by atoms with Crippen LogP contribution < -0.4 is 5.73 Å². The number of benzene rings is 1. The molecular weight excluding hydrogens is 316 g/mol. The third-order valence-corrected chi connectivity index (χ3v) is 5.17. The number of amides is 1. The first-order valence-electron chi connectivity index (χ1n) is 8.91. The van der Waals surface area contributed by atoms with E-state index in [4.69, 9.17) is 10.8 Å². The molecule has 0 spiro atoms. The van der Waals surface area contributed by atoms with Crippen LogP contribution in [0.1, 0.15) is 58.1 Å². The summed E-state index contributed by atoms with van der Waals surface area (Å²) in [5.74, 6) is -1.30. The van der Waals surface area contributed by atoms with Gasteiger partial charge in [0.1, 0.15) is 6.04 Å². The predicted molar refractivity (Wildman–Crippen MR) is 98.4 cm³/mol. The Balaban J connectivity index is 2.11. The minimum absolute atomic E-state index is 0.116. The van der Waals surface area contributed by atoms with Gasteiger partial charge < -0.3 is 15.7 Å². The number of carbonyl (C=O) groups is 2. The average molecular weight is 346 g/mol. The van der Waals surface area contributed by atoms with Crippen LogP contribution in [0.3, 0.4) is 0 Å². The van der Waals surface area contributed by atoms with Crippen molar-refractivity contribution in [1.29, 1.82) is 0 Å². The molecule has 1 fully saturated rings. The van der Waals surface area contributed by atoms with Gasteiger partial charge in [-0.05, 0) is 42.7 Å². The Morgan fingerprint density at radius 1 is 1.28 bits per heavy atom. The largest absolute Gasteiger partial charge is 0.480 e. The molecule has 1 aromatic rings. The standard InChI is InChI=1S/C20H30N2O3/c1-19(2,3)15-8-6-14(7-9-15)13-20(4)10-5-11-22(20)17(23)12-16(21)18(24)25/h6-9,16H,5,10-13,21H2,1-4H3,(H,24,25)/t16-,20?/m0/s1. The Kier molecular flexibility index (Phi) is 5.57. The maximum absolute atomic E-state index is 12.5. The number of hydrogen-bond acceptors (Lipinski definition) is 3. The Morgan fingerprint density at radius 3 is 2.40 bits per heavy atom. The summed E-state index contributed by atoms with van der Waals surface area (Å²) >= 11 is 0. The zero-order valence-corrected chi connectivity index (χ0v) is 15.7. The average Bonchev–Trinajstić information content (AvgIpc) is 2.88. The van der Waals surface area contributed by atoms with E-state index in [1.54, 1.807) is 0 Å². The molecule has 0 saturated carbocycles. The normalized spacial score (nSPS) is 22.0. The molecule has 1 aliphatic heterocycles. The van der Waals surface area contributed by atoms with Crippen molar-refractivity contribution in [2.75, 3.05) is 6.54 Å². The van der Waals surface area contributed by atoms with Gasteiger partial charge in [0.25, 0.3) is 0 Å². The number of nitrogens with two attached hydrogens (primary N) is 1. The highest BCUT2D eigenvalue weighted by Gasteiger charge is 2.40. The lowest BCUT2D eigenvalue weighted by Gasteiger charge is -2.36. The van der Waals surface area contributed by atoms with Crippen molar-refractivity contribution in [3.63, 3.8) is 0 Å². The number of likely N-dealkylation sites (tertiary alicyclic amines) is 1. The van der Waals surface area contributed by atoms with Crippen molar-refractivity contribution in [2.45, 2.75) is 70.4 Å². The zero-order chi connectivity index (χ0) is 18.8. The van der Waals surface area contributed by atoms with E-state index in [1.165, 1.54) is 11.1 Å². The molecule has 138 valence electrons. The van der Waals surface area contributed by atoms with E-state index in [0.717, 1.165) is 19.3 Å². The van der Waals surface area contributed by atoms with Crippen molar-refractivity contribution in [2.24, 2.45) is 5.73 Å². The first kappa shape index (κ1) is 19.4. The molecular formula is C20H30N2O3. The second-order valence-corrected chi connectivity index (χ2v) is 8.42. The maximum Gasteiger partial charge on any atom is 0.321 e. The second kappa shape index (κ2) is 7.16. The SMILES string of the molecule is CC(C)(C)c1ccc(CC2(C)CCCN2C(=O)C[C@H](N)C(=O)O)cc1. The highest BCUT2D eigenvalue weighted by molar-refractivity contribution is 5.84. The molecule has 1 amide bonds. The van der Waals surface area contributed by atoms with Gasteiger partial charge in [-0.25, -0.2) is 0 Å². The summed E-state index contributed by atoms with van der Waals surface area (Å²) in [6.45, 7) is 9.31. The molecule has 1 heterocycles. The zero-order valence-electron chi connectivity index (χ0n) is 15.7. The molecule has 2 atom stereocenters. The Labute approximate surface area is 150 Å². The van der Waals surface area contributed by atoms with E-state index >= 15 is 0 Å². The van der Waals surface area contributed by atoms with Gasteiger partial charge in [-0.15, -0.1) is 0 Å². The van der Waals surface area contributed by atoms with Crippen molar-refractivity contribution in [1.82, 2.24) is 4.90 Å². The van der Waals surface area contributed by atoms with Gasteiger partial charge in [0.15, 0.2) is 0 Å². The summed E-state index contributed by atoms with van der Waals surface area (Å²) in [4.78, 5) is 25.3. The Bertz CT molecular complexity index is 633. The molecule has 3 N–H and O–H groups in total. The Morgan fingerprint density at radius 2 is 1.88 bits per heavy atom. The molecule has 1 unspecified atom stereocenters. The summed E-state index contributed by atoms with van der Waals surface area (Å²) in [7, 11) is 0. The molecule has 5 nitrogen and oxygen atoms in total. The molecule has 0 aliphatic carbocycles. The number of nitrogens with zero attached hydrogens (tertiary/aromatic N) is 1. The van der Waals surface area contributed by atoms with Crippen LogP contribution in [0.2, 0.25) is 0 Å². The number of carboxylic acid groups (broad SMARTS) is 1. The fraction of sp³-hybridized carbons (Fsp3) is 0.600. The number of carbonyl (C=O) groups excluding carboxylic acids is 1. The monoisotopic (exact) mass is 346 g/mol. The van der Waals surface area contributed by atoms with Crippen molar-refractivity contribution >= 4 is 11.9 Å². The van der Waals surface area contributed by atoms with Crippen LogP contribution in [0.15, 0.2) is 24.3 Å². The molecule has 0 aromatic heterocycles. The van der Waals surface area contributed by atoms with Crippen LogP contribution in [0, 0.1) is 0 Å². The van der Waals surface area contributed by atoms with E-state index in [0.29, 0.717) is 6.54 Å². The molecule has 1 aromatic carbocycles. The van der Waals surface area contributed by atoms with Crippen LogP contribution in [-0.2, 0) is 21.4 Å². The topological polar surface area (TPSA) is 83.6 Å². The first-order valence-corrected chi connectivity index (χ1v) is 8.91. The van der Waals surface area contributed by atoms with Crippen LogP contribution >= 0.6 is 0 Å². The van der Waals surface area contributed by atoms with E-state index in [9.17, 15) is 9.59 Å². The van der Waals surface area contributed by atoms with E-state index < -0.39 is 12.0 Å². The molecule has 25 heavy (non-hydrogen) atoms. The van der Waals surface area contributed by atoms with Crippen LogP contribution in [0.25, 0.3) is 0 Å². The van der Waals surface area contributed by atoms with Crippen molar-refractivity contribution in [3.05, 3.63) is 35.4 Å². The molecule has 0 bridgehead atoms. The lowest BCUT2D eigenvalue weighted by molar-refractivity contribution is -0.143. The lowest BCUT2D eigenvalue weighted by atomic mass is 9.84. The van der Waals surface area contributed by atoms with Crippen molar-refractivity contribution in [3.8, 4) is 0 Å². The maximum atomic E-state index is 12.5. The van der Waals surface area contributed by atoms with E-state index in [-0.39, 0.29) is 23.3 Å². The highest BCUT2D eigenvalue weighted by atomic mass is 16.4. The van der Waals surface area contributed by atoms with Gasteiger partial charge >= 0.3 is 5.97 Å². The summed E-state index contributed by atoms with van der Waals surface area (Å²) in [6, 6.07) is 7.44. The van der Waals surface area contributed by atoms with Crippen molar-refractivity contribution < 1.29 is 14.7 Å². The van der Waals surface area contributed by atoms with Gasteiger partial charge in [-0.3, -0.25) is 9.59 Å². The summed E-state index contributed by atoms with van der Waals surface area (Å²) < 4.78 is 0. The first-order chi connectivity index (χ1) is 11.5. The predicted octanol–water partition coefficient (Wildman–Crippen LogP) is 2.71. The number of carboxylic acids is 1. The fourth-order valence-corrected chi connectivity index (χ4v) is 3.58. The van der Waals surface area contributed by atoms with E-state index in [1.807, 2.05) is 4.90 Å². The fourth-order valence-electron chi connectivity index (χ4n) is 3.58. The van der Waals surface area contributed by atoms with Gasteiger partial charge in [0, 0.05) is 12.1 Å². The molecule has 0 radical (unpaired) electrons. The third-order valence-electron chi connectivity index (χ3n) is 5.17. The minimum atomic E-state index is -1.14. The summed E-state index contributed by atoms with van der Waals surface area (Å²) in [5.41, 5.74) is 7.85. The number of hydrogen-bond donors (Lipinski definition) is 2. The summed E-state index contributed by atoms with van der Waals surface area (Å²) in [5, 5.41) is 8.93. The van der Waals surface area contributed by atoms with E-state index in [2.05, 4.69) is 52.0 Å². The lowest BCUT2D eigenvalue weighted by Crippen LogP contribution is -2.49. The summed E-state index contributed by atoms with van der Waals surface area (Å²) in [6.07, 6.45) is 2.48. The quantitative estimate of drug-likeness (QED) is 0.858. The smallest absolute Gasteiger partial charge is 0.321 e. The number of aliphatic carboxylic acids is 1. The highest BCUT2D eigenvalue weighted by Crippen LogP contribution is 2.33. The molecule has 1 aliphatic rings. The van der Waals surface area contributed by atoms with Gasteiger partial charge in [0.05, 0.1) is 6.42 Å². The Hall–Kier alpha value is -1.88.